The minimum atomic E-state index is -3.64. The van der Waals surface area contributed by atoms with E-state index in [0.717, 1.165) is 19.3 Å². The van der Waals surface area contributed by atoms with E-state index in [1.807, 2.05) is 10.8 Å². The Balaban J connectivity index is 1.81. The highest BCUT2D eigenvalue weighted by Gasteiger charge is 2.32. The first-order chi connectivity index (χ1) is 10.1. The quantitative estimate of drug-likeness (QED) is 0.866. The van der Waals surface area contributed by atoms with Gasteiger partial charge in [0.05, 0.1) is 17.3 Å². The first kappa shape index (κ1) is 14.0. The molecule has 7 nitrogen and oxygen atoms in total. The summed E-state index contributed by atoms with van der Waals surface area (Å²) in [6.07, 6.45) is 9.11. The van der Waals surface area contributed by atoms with Gasteiger partial charge in [0.15, 0.2) is 0 Å². The summed E-state index contributed by atoms with van der Waals surface area (Å²) >= 11 is 0. The number of aromatic amines is 1. The summed E-state index contributed by atoms with van der Waals surface area (Å²) in [6.45, 7) is 0. The molecule has 2 atom stereocenters. The van der Waals surface area contributed by atoms with Crippen molar-refractivity contribution in [1.82, 2.24) is 19.3 Å². The molecule has 0 saturated heterocycles. The maximum Gasteiger partial charge on any atom is 0.247 e. The van der Waals surface area contributed by atoms with Crippen LogP contribution in [-0.4, -0.2) is 29.0 Å². The summed E-state index contributed by atoms with van der Waals surface area (Å²) in [5, 5.41) is 0. The molecule has 0 aliphatic heterocycles. The number of H-pyrrole nitrogens is 1. The molecule has 1 fully saturated rings. The second-order valence-corrected chi connectivity index (χ2v) is 6.84. The van der Waals surface area contributed by atoms with Crippen molar-refractivity contribution >= 4 is 10.0 Å². The van der Waals surface area contributed by atoms with Gasteiger partial charge in [-0.05, 0) is 25.3 Å². The summed E-state index contributed by atoms with van der Waals surface area (Å²) in [6, 6.07) is 2.42. The van der Waals surface area contributed by atoms with Crippen LogP contribution in [0.25, 0.3) is 0 Å². The Labute approximate surface area is 122 Å². The van der Waals surface area contributed by atoms with Crippen LogP contribution in [0, 0.1) is 0 Å². The number of hydrogen-bond donors (Lipinski definition) is 2. The first-order valence-electron chi connectivity index (χ1n) is 6.75. The van der Waals surface area contributed by atoms with Crippen molar-refractivity contribution in [3.05, 3.63) is 47.4 Å². The molecule has 0 bridgehead atoms. The van der Waals surface area contributed by atoms with Crippen LogP contribution >= 0.6 is 0 Å². The van der Waals surface area contributed by atoms with E-state index in [-0.39, 0.29) is 22.5 Å². The molecular formula is C13H16N4O3S. The van der Waals surface area contributed by atoms with Crippen LogP contribution in [0.1, 0.15) is 25.3 Å². The predicted octanol–water partition coefficient (Wildman–Crippen LogP) is 0.643. The van der Waals surface area contributed by atoms with Gasteiger partial charge in [-0.25, -0.2) is 18.1 Å². The van der Waals surface area contributed by atoms with Crippen LogP contribution in [0.4, 0.5) is 0 Å². The van der Waals surface area contributed by atoms with E-state index in [2.05, 4.69) is 14.7 Å². The Morgan fingerprint density at radius 1 is 1.33 bits per heavy atom. The molecule has 3 rings (SSSR count). The second kappa shape index (κ2) is 5.45. The summed E-state index contributed by atoms with van der Waals surface area (Å²) < 4.78 is 29.4. The van der Waals surface area contributed by atoms with E-state index in [0.29, 0.717) is 0 Å². The summed E-state index contributed by atoms with van der Waals surface area (Å²) in [7, 11) is -3.64. The number of pyridine rings is 1. The molecule has 1 saturated carbocycles. The zero-order valence-electron chi connectivity index (χ0n) is 11.3. The maximum atomic E-state index is 12.4. The molecule has 0 amide bonds. The lowest BCUT2D eigenvalue weighted by Crippen LogP contribution is -2.38. The summed E-state index contributed by atoms with van der Waals surface area (Å²) in [4.78, 5) is 17.5. The Morgan fingerprint density at radius 3 is 2.86 bits per heavy atom. The van der Waals surface area contributed by atoms with Gasteiger partial charge in [-0.2, -0.15) is 0 Å². The van der Waals surface area contributed by atoms with E-state index in [9.17, 15) is 13.2 Å². The molecule has 0 radical (unpaired) electrons. The highest BCUT2D eigenvalue weighted by Crippen LogP contribution is 2.30. The third kappa shape index (κ3) is 2.91. The Morgan fingerprint density at radius 2 is 2.19 bits per heavy atom. The van der Waals surface area contributed by atoms with Crippen LogP contribution in [0.5, 0.6) is 0 Å². The first-order valence-corrected chi connectivity index (χ1v) is 8.23. The number of sulfonamides is 1. The smallest absolute Gasteiger partial charge is 0.247 e. The topological polar surface area (TPSA) is 96.8 Å². The van der Waals surface area contributed by atoms with Crippen molar-refractivity contribution < 1.29 is 8.42 Å². The summed E-state index contributed by atoms with van der Waals surface area (Å²) in [5.41, 5.74) is -0.328. The Bertz CT molecular complexity index is 746. The number of nitrogens with zero attached hydrogens (tertiary/aromatic N) is 2. The Hall–Kier alpha value is -1.93. The summed E-state index contributed by atoms with van der Waals surface area (Å²) in [5.74, 6) is 0. The number of rotatable bonds is 4. The molecule has 112 valence electrons. The van der Waals surface area contributed by atoms with Crippen molar-refractivity contribution in [1.29, 1.82) is 0 Å². The molecule has 1 aliphatic rings. The fraction of sp³-hybridized carbons (Fsp3) is 0.385. The standard InChI is InChI=1S/C13H16N4O3S/c18-13-5-4-10(8-15-13)21(19,20)16-11-2-1-3-12(11)17-7-6-14-9-17/h4-9,11-12,16H,1-3H2,(H,15,18). The molecular weight excluding hydrogens is 292 g/mol. The molecule has 1 aliphatic carbocycles. The zero-order chi connectivity index (χ0) is 14.9. The highest BCUT2D eigenvalue weighted by atomic mass is 32.2. The molecule has 0 spiro atoms. The lowest BCUT2D eigenvalue weighted by Gasteiger charge is -2.22. The minimum Gasteiger partial charge on any atom is -0.333 e. The Kier molecular flexibility index (Phi) is 3.64. The van der Waals surface area contributed by atoms with Gasteiger partial charge in [-0.3, -0.25) is 4.79 Å². The van der Waals surface area contributed by atoms with Gasteiger partial charge in [0.25, 0.3) is 0 Å². The number of hydrogen-bond acceptors (Lipinski definition) is 4. The fourth-order valence-corrected chi connectivity index (χ4v) is 4.00. The van der Waals surface area contributed by atoms with Crippen molar-refractivity contribution in [2.75, 3.05) is 0 Å². The van der Waals surface area contributed by atoms with E-state index in [1.54, 1.807) is 12.5 Å². The maximum absolute atomic E-state index is 12.4. The van der Waals surface area contributed by atoms with Gasteiger partial charge in [0, 0.05) is 30.7 Å². The van der Waals surface area contributed by atoms with Gasteiger partial charge in [0.2, 0.25) is 15.6 Å². The van der Waals surface area contributed by atoms with Crippen molar-refractivity contribution in [3.8, 4) is 0 Å². The molecule has 21 heavy (non-hydrogen) atoms. The SMILES string of the molecule is O=c1ccc(S(=O)(=O)NC2CCCC2n2ccnc2)c[nH]1. The average Bonchev–Trinajstić information content (AvgIpc) is 3.09. The molecule has 0 aromatic carbocycles. The van der Waals surface area contributed by atoms with Crippen LogP contribution in [0.3, 0.4) is 0 Å². The monoisotopic (exact) mass is 308 g/mol. The fourth-order valence-electron chi connectivity index (χ4n) is 2.73. The largest absolute Gasteiger partial charge is 0.333 e. The van der Waals surface area contributed by atoms with Gasteiger partial charge in [0.1, 0.15) is 0 Å². The molecule has 2 unspecified atom stereocenters. The molecule has 8 heteroatoms. The van der Waals surface area contributed by atoms with E-state index >= 15 is 0 Å². The highest BCUT2D eigenvalue weighted by molar-refractivity contribution is 7.89. The van der Waals surface area contributed by atoms with Gasteiger partial charge in [-0.1, -0.05) is 0 Å². The molecule has 2 aromatic heterocycles. The average molecular weight is 308 g/mol. The van der Waals surface area contributed by atoms with Crippen molar-refractivity contribution in [2.24, 2.45) is 0 Å². The van der Waals surface area contributed by atoms with E-state index in [1.165, 1.54) is 18.3 Å². The molecule has 2 aromatic rings. The van der Waals surface area contributed by atoms with Crippen molar-refractivity contribution in [2.45, 2.75) is 36.2 Å². The number of imidazole rings is 1. The van der Waals surface area contributed by atoms with Gasteiger partial charge >= 0.3 is 0 Å². The predicted molar refractivity (Wildman–Crippen MR) is 76.3 cm³/mol. The number of nitrogens with one attached hydrogen (secondary N) is 2. The van der Waals surface area contributed by atoms with Crippen LogP contribution < -0.4 is 10.3 Å². The van der Waals surface area contributed by atoms with Crippen molar-refractivity contribution in [3.63, 3.8) is 0 Å². The van der Waals surface area contributed by atoms with Gasteiger partial charge < -0.3 is 9.55 Å². The van der Waals surface area contributed by atoms with E-state index in [4.69, 9.17) is 0 Å². The lowest BCUT2D eigenvalue weighted by atomic mass is 10.2. The van der Waals surface area contributed by atoms with Crippen LogP contribution in [0.2, 0.25) is 0 Å². The third-order valence-electron chi connectivity index (χ3n) is 3.76. The molecule has 2 heterocycles. The minimum absolute atomic E-state index is 0.0679. The third-order valence-corrected chi connectivity index (χ3v) is 5.25. The van der Waals surface area contributed by atoms with Crippen LogP contribution in [-0.2, 0) is 10.0 Å². The zero-order valence-corrected chi connectivity index (χ0v) is 12.1. The lowest BCUT2D eigenvalue weighted by molar-refractivity contribution is 0.431. The molecule has 2 N–H and O–H groups in total. The van der Waals surface area contributed by atoms with Crippen LogP contribution in [0.15, 0.2) is 46.7 Å². The number of aromatic nitrogens is 3. The second-order valence-electron chi connectivity index (χ2n) is 5.12. The van der Waals surface area contributed by atoms with Gasteiger partial charge in [-0.15, -0.1) is 0 Å². The van der Waals surface area contributed by atoms with E-state index < -0.39 is 10.0 Å². The normalized spacial score (nSPS) is 22.5.